The Morgan fingerprint density at radius 2 is 2.40 bits per heavy atom. The fourth-order valence-electron chi connectivity index (χ4n) is 2.15. The van der Waals surface area contributed by atoms with E-state index in [0.29, 0.717) is 37.4 Å². The predicted octanol–water partition coefficient (Wildman–Crippen LogP) is 1.15. The van der Waals surface area contributed by atoms with Crippen LogP contribution in [0.5, 0.6) is 5.88 Å². The third-order valence-corrected chi connectivity index (χ3v) is 5.16. The minimum Gasteiger partial charge on any atom is -0.473 e. The van der Waals surface area contributed by atoms with Crippen LogP contribution in [0.3, 0.4) is 0 Å². The monoisotopic (exact) mass is 295 g/mol. The molecule has 1 saturated heterocycles. The maximum absolute atomic E-state index is 11.9. The molecule has 7 heteroatoms. The number of hydrogen-bond donors (Lipinski definition) is 0. The Morgan fingerprint density at radius 1 is 1.60 bits per heavy atom. The van der Waals surface area contributed by atoms with Gasteiger partial charge < -0.3 is 4.74 Å². The fourth-order valence-corrected chi connectivity index (χ4v) is 3.70. The molecular weight excluding hydrogens is 278 g/mol. The van der Waals surface area contributed by atoms with Crippen LogP contribution in [0, 0.1) is 11.3 Å². The number of nitriles is 1. The Kier molecular flexibility index (Phi) is 4.57. The van der Waals surface area contributed by atoms with E-state index in [2.05, 4.69) is 4.98 Å². The summed E-state index contributed by atoms with van der Waals surface area (Å²) in [5.74, 6) is 0.533. The van der Waals surface area contributed by atoms with Gasteiger partial charge >= 0.3 is 0 Å². The van der Waals surface area contributed by atoms with Crippen molar-refractivity contribution in [1.29, 1.82) is 5.26 Å². The fraction of sp³-hybridized carbons (Fsp3) is 0.538. The Hall–Kier alpha value is -1.65. The minimum absolute atomic E-state index is 0.169. The molecule has 1 aromatic rings. The van der Waals surface area contributed by atoms with Gasteiger partial charge in [0.05, 0.1) is 23.9 Å². The smallest absolute Gasteiger partial charge is 0.214 e. The summed E-state index contributed by atoms with van der Waals surface area (Å²) >= 11 is 0. The summed E-state index contributed by atoms with van der Waals surface area (Å²) < 4.78 is 31.0. The van der Waals surface area contributed by atoms with Crippen molar-refractivity contribution in [2.24, 2.45) is 0 Å². The maximum atomic E-state index is 11.9. The number of pyridine rings is 1. The van der Waals surface area contributed by atoms with Crippen LogP contribution < -0.4 is 4.74 Å². The first-order valence-corrected chi connectivity index (χ1v) is 8.16. The van der Waals surface area contributed by atoms with Gasteiger partial charge in [-0.25, -0.2) is 13.4 Å². The van der Waals surface area contributed by atoms with Crippen molar-refractivity contribution >= 4 is 10.0 Å². The number of hydrogen-bond acceptors (Lipinski definition) is 5. The van der Waals surface area contributed by atoms with Gasteiger partial charge in [0.15, 0.2) is 0 Å². The van der Waals surface area contributed by atoms with Gasteiger partial charge in [-0.3, -0.25) is 0 Å². The van der Waals surface area contributed by atoms with E-state index >= 15 is 0 Å². The Labute approximate surface area is 119 Å². The highest BCUT2D eigenvalue weighted by molar-refractivity contribution is 7.89. The zero-order chi connectivity index (χ0) is 14.6. The molecular formula is C13H17N3O3S. The van der Waals surface area contributed by atoms with Crippen LogP contribution in [-0.4, -0.2) is 42.7 Å². The third kappa shape index (κ3) is 3.46. The lowest BCUT2D eigenvalue weighted by atomic mass is 10.3. The first kappa shape index (κ1) is 14.8. The average molecular weight is 295 g/mol. The molecule has 0 aromatic carbocycles. The molecule has 0 amide bonds. The molecule has 20 heavy (non-hydrogen) atoms. The Morgan fingerprint density at radius 3 is 3.10 bits per heavy atom. The highest BCUT2D eigenvalue weighted by atomic mass is 32.2. The quantitative estimate of drug-likeness (QED) is 0.813. The van der Waals surface area contributed by atoms with E-state index in [1.54, 1.807) is 12.1 Å². The molecule has 1 atom stereocenters. The van der Waals surface area contributed by atoms with E-state index in [1.165, 1.54) is 10.5 Å². The van der Waals surface area contributed by atoms with Gasteiger partial charge in [0, 0.05) is 18.8 Å². The molecule has 0 bridgehead atoms. The molecule has 0 radical (unpaired) electrons. The van der Waals surface area contributed by atoms with E-state index in [9.17, 15) is 8.42 Å². The van der Waals surface area contributed by atoms with Crippen molar-refractivity contribution < 1.29 is 13.2 Å². The molecule has 1 aromatic heterocycles. The topological polar surface area (TPSA) is 83.3 Å². The molecule has 1 aliphatic heterocycles. The van der Waals surface area contributed by atoms with E-state index in [4.69, 9.17) is 10.00 Å². The number of nitrogens with zero attached hydrogens (tertiary/aromatic N) is 3. The molecule has 0 aliphatic carbocycles. The number of sulfonamides is 1. The van der Waals surface area contributed by atoms with Crippen molar-refractivity contribution in [2.45, 2.75) is 25.9 Å². The second kappa shape index (κ2) is 6.20. The summed E-state index contributed by atoms with van der Waals surface area (Å²) in [6.07, 6.45) is 2.55. The van der Waals surface area contributed by atoms with Gasteiger partial charge in [0.1, 0.15) is 6.10 Å². The first-order chi connectivity index (χ1) is 9.55. The molecule has 1 fully saturated rings. The van der Waals surface area contributed by atoms with Crippen LogP contribution in [0.4, 0.5) is 0 Å². The van der Waals surface area contributed by atoms with Gasteiger partial charge in [-0.15, -0.1) is 0 Å². The second-order valence-corrected chi connectivity index (χ2v) is 6.79. The van der Waals surface area contributed by atoms with Gasteiger partial charge in [0.2, 0.25) is 15.9 Å². The molecule has 6 nitrogen and oxygen atoms in total. The number of ether oxygens (including phenoxy) is 1. The molecule has 0 saturated carbocycles. The van der Waals surface area contributed by atoms with Crippen LogP contribution in [0.15, 0.2) is 18.3 Å². The summed E-state index contributed by atoms with van der Waals surface area (Å²) in [6.45, 7) is 2.67. The molecule has 108 valence electrons. The first-order valence-electron chi connectivity index (χ1n) is 6.56. The van der Waals surface area contributed by atoms with Crippen LogP contribution in [0.1, 0.15) is 25.3 Å². The largest absolute Gasteiger partial charge is 0.473 e. The van der Waals surface area contributed by atoms with E-state index in [1.807, 2.05) is 13.0 Å². The van der Waals surface area contributed by atoms with Crippen LogP contribution in [0.25, 0.3) is 0 Å². The Bertz CT molecular complexity index is 610. The summed E-state index contributed by atoms with van der Waals surface area (Å²) in [5, 5.41) is 8.81. The molecule has 2 rings (SSSR count). The van der Waals surface area contributed by atoms with Crippen molar-refractivity contribution in [2.75, 3.05) is 18.8 Å². The zero-order valence-electron chi connectivity index (χ0n) is 11.3. The average Bonchev–Trinajstić information content (AvgIpc) is 2.88. The summed E-state index contributed by atoms with van der Waals surface area (Å²) in [5.41, 5.74) is 0.475. The highest BCUT2D eigenvalue weighted by Crippen LogP contribution is 2.20. The van der Waals surface area contributed by atoms with Gasteiger partial charge in [-0.2, -0.15) is 9.57 Å². The Balaban J connectivity index is 1.98. The van der Waals surface area contributed by atoms with Gasteiger partial charge in [0.25, 0.3) is 0 Å². The molecule has 1 aliphatic rings. The summed E-state index contributed by atoms with van der Waals surface area (Å²) in [6, 6.07) is 5.17. The van der Waals surface area contributed by atoms with Gasteiger partial charge in [-0.1, -0.05) is 6.92 Å². The van der Waals surface area contributed by atoms with Crippen LogP contribution in [-0.2, 0) is 10.0 Å². The summed E-state index contributed by atoms with van der Waals surface area (Å²) in [4.78, 5) is 4.03. The molecule has 2 heterocycles. The normalized spacial score (nSPS) is 19.7. The number of aromatic nitrogens is 1. The maximum Gasteiger partial charge on any atom is 0.214 e. The lowest BCUT2D eigenvalue weighted by Gasteiger charge is -2.16. The summed E-state index contributed by atoms with van der Waals surface area (Å²) in [7, 11) is -3.17. The van der Waals surface area contributed by atoms with E-state index in [0.717, 1.165) is 0 Å². The number of rotatable bonds is 5. The lowest BCUT2D eigenvalue weighted by molar-refractivity contribution is 0.207. The second-order valence-electron chi connectivity index (χ2n) is 4.70. The van der Waals surface area contributed by atoms with Crippen molar-refractivity contribution in [3.8, 4) is 11.9 Å². The standard InChI is InChI=1S/C13H17N3O3S/c1-2-7-20(17,18)16-6-4-12(10-16)19-13-8-11(9-14)3-5-15-13/h3,5,8,12H,2,4,6-7,10H2,1H3. The van der Waals surface area contributed by atoms with E-state index < -0.39 is 10.0 Å². The highest BCUT2D eigenvalue weighted by Gasteiger charge is 2.32. The zero-order valence-corrected chi connectivity index (χ0v) is 12.1. The SMILES string of the molecule is CCCS(=O)(=O)N1CCC(Oc2cc(C#N)ccn2)C1. The third-order valence-electron chi connectivity index (χ3n) is 3.11. The van der Waals surface area contributed by atoms with Crippen LogP contribution in [0.2, 0.25) is 0 Å². The molecule has 0 N–H and O–H groups in total. The van der Waals surface area contributed by atoms with Crippen molar-refractivity contribution in [3.05, 3.63) is 23.9 Å². The van der Waals surface area contributed by atoms with Gasteiger partial charge in [-0.05, 0) is 18.9 Å². The van der Waals surface area contributed by atoms with Crippen molar-refractivity contribution in [3.63, 3.8) is 0 Å². The molecule has 0 spiro atoms. The minimum atomic E-state index is -3.17. The van der Waals surface area contributed by atoms with Crippen molar-refractivity contribution in [1.82, 2.24) is 9.29 Å². The van der Waals surface area contributed by atoms with Crippen LogP contribution >= 0.6 is 0 Å². The van der Waals surface area contributed by atoms with E-state index in [-0.39, 0.29) is 11.9 Å². The molecule has 1 unspecified atom stereocenters. The predicted molar refractivity (Wildman–Crippen MR) is 73.6 cm³/mol. The lowest BCUT2D eigenvalue weighted by Crippen LogP contribution is -2.32.